The number of rotatable bonds is 6. The van der Waals surface area contributed by atoms with E-state index in [4.69, 9.17) is 5.73 Å². The summed E-state index contributed by atoms with van der Waals surface area (Å²) in [7, 11) is 0. The highest BCUT2D eigenvalue weighted by molar-refractivity contribution is 5.84. The minimum atomic E-state index is -0.646. The summed E-state index contributed by atoms with van der Waals surface area (Å²) in [6, 6.07) is 0.452. The van der Waals surface area contributed by atoms with E-state index in [1.165, 1.54) is 6.33 Å². The van der Waals surface area contributed by atoms with Gasteiger partial charge in [-0.15, -0.1) is 0 Å². The van der Waals surface area contributed by atoms with Crippen LogP contribution in [0.5, 0.6) is 0 Å². The Morgan fingerprint density at radius 1 is 1.69 bits per heavy atom. The summed E-state index contributed by atoms with van der Waals surface area (Å²) in [4.78, 5) is 15.3. The second-order valence-corrected chi connectivity index (χ2v) is 4.52. The first kappa shape index (κ1) is 11.1. The van der Waals surface area contributed by atoms with E-state index in [-0.39, 0.29) is 5.91 Å². The molecular formula is C10H17N5O. The Hall–Kier alpha value is -1.43. The highest BCUT2D eigenvalue weighted by atomic mass is 16.1. The van der Waals surface area contributed by atoms with Gasteiger partial charge in [0, 0.05) is 12.6 Å². The summed E-state index contributed by atoms with van der Waals surface area (Å²) in [6.45, 7) is 2.49. The smallest absolute Gasteiger partial charge is 0.237 e. The van der Waals surface area contributed by atoms with Crippen LogP contribution in [0.3, 0.4) is 0 Å². The Bertz CT molecular complexity index is 359. The SMILES string of the molecule is CC(CCn1cncn1)(NC1CC1)C(N)=O. The maximum Gasteiger partial charge on any atom is 0.237 e. The molecule has 1 heterocycles. The minimum absolute atomic E-state index is 0.306. The zero-order chi connectivity index (χ0) is 11.6. The van der Waals surface area contributed by atoms with Crippen molar-refractivity contribution < 1.29 is 4.79 Å². The molecule has 1 aliphatic rings. The van der Waals surface area contributed by atoms with E-state index in [2.05, 4.69) is 15.4 Å². The van der Waals surface area contributed by atoms with Crippen molar-refractivity contribution in [2.24, 2.45) is 5.73 Å². The molecule has 16 heavy (non-hydrogen) atoms. The molecule has 0 saturated heterocycles. The summed E-state index contributed by atoms with van der Waals surface area (Å²) < 4.78 is 1.70. The molecule has 1 atom stereocenters. The molecule has 0 radical (unpaired) electrons. The van der Waals surface area contributed by atoms with E-state index < -0.39 is 5.54 Å². The van der Waals surface area contributed by atoms with Crippen LogP contribution < -0.4 is 11.1 Å². The van der Waals surface area contributed by atoms with Gasteiger partial charge in [-0.25, -0.2) is 4.98 Å². The lowest BCUT2D eigenvalue weighted by Crippen LogP contribution is -2.54. The molecule has 1 fully saturated rings. The fourth-order valence-electron chi connectivity index (χ4n) is 1.63. The van der Waals surface area contributed by atoms with E-state index in [9.17, 15) is 4.79 Å². The van der Waals surface area contributed by atoms with Gasteiger partial charge in [0.15, 0.2) is 0 Å². The first-order valence-electron chi connectivity index (χ1n) is 5.50. The van der Waals surface area contributed by atoms with Crippen LogP contribution in [0.15, 0.2) is 12.7 Å². The number of hydrogen-bond donors (Lipinski definition) is 2. The van der Waals surface area contributed by atoms with Crippen molar-refractivity contribution in [3.05, 3.63) is 12.7 Å². The Morgan fingerprint density at radius 2 is 2.44 bits per heavy atom. The second-order valence-electron chi connectivity index (χ2n) is 4.52. The molecule has 0 aromatic carbocycles. The van der Waals surface area contributed by atoms with Crippen LogP contribution in [0.25, 0.3) is 0 Å². The maximum absolute atomic E-state index is 11.5. The third kappa shape index (κ3) is 2.57. The van der Waals surface area contributed by atoms with Crippen molar-refractivity contribution in [3.63, 3.8) is 0 Å². The van der Waals surface area contributed by atoms with Crippen molar-refractivity contribution in [1.82, 2.24) is 20.1 Å². The number of aromatic nitrogens is 3. The molecule has 0 aliphatic heterocycles. The Balaban J connectivity index is 1.93. The van der Waals surface area contributed by atoms with E-state index in [1.54, 1.807) is 11.0 Å². The average molecular weight is 223 g/mol. The minimum Gasteiger partial charge on any atom is -0.368 e. The van der Waals surface area contributed by atoms with E-state index in [1.807, 2.05) is 6.92 Å². The predicted molar refractivity (Wildman–Crippen MR) is 58.4 cm³/mol. The molecule has 1 amide bonds. The number of primary amides is 1. The fourth-order valence-corrected chi connectivity index (χ4v) is 1.63. The molecule has 0 bridgehead atoms. The molecule has 6 nitrogen and oxygen atoms in total. The third-order valence-corrected chi connectivity index (χ3v) is 2.95. The van der Waals surface area contributed by atoms with Gasteiger partial charge < -0.3 is 11.1 Å². The van der Waals surface area contributed by atoms with Gasteiger partial charge in [-0.05, 0) is 26.2 Å². The number of carbonyl (C=O) groups is 1. The van der Waals surface area contributed by atoms with Gasteiger partial charge in [0.2, 0.25) is 5.91 Å². The summed E-state index contributed by atoms with van der Waals surface area (Å²) in [5.41, 5.74) is 4.79. The molecule has 1 aromatic heterocycles. The summed E-state index contributed by atoms with van der Waals surface area (Å²) >= 11 is 0. The highest BCUT2D eigenvalue weighted by Crippen LogP contribution is 2.24. The van der Waals surface area contributed by atoms with Crippen LogP contribution in [-0.4, -0.2) is 32.3 Å². The van der Waals surface area contributed by atoms with Crippen LogP contribution in [0.4, 0.5) is 0 Å². The maximum atomic E-state index is 11.5. The number of amides is 1. The molecular weight excluding hydrogens is 206 g/mol. The number of carbonyl (C=O) groups excluding carboxylic acids is 1. The number of nitrogens with zero attached hydrogens (tertiary/aromatic N) is 3. The third-order valence-electron chi connectivity index (χ3n) is 2.95. The Labute approximate surface area is 94.2 Å². The topological polar surface area (TPSA) is 85.8 Å². The normalized spacial score (nSPS) is 19.3. The highest BCUT2D eigenvalue weighted by Gasteiger charge is 2.36. The van der Waals surface area contributed by atoms with Crippen LogP contribution in [0.2, 0.25) is 0 Å². The molecule has 1 saturated carbocycles. The lowest BCUT2D eigenvalue weighted by atomic mass is 9.96. The van der Waals surface area contributed by atoms with Gasteiger partial charge in [-0.3, -0.25) is 9.48 Å². The zero-order valence-electron chi connectivity index (χ0n) is 9.39. The number of hydrogen-bond acceptors (Lipinski definition) is 4. The average Bonchev–Trinajstić information content (AvgIpc) is 2.89. The van der Waals surface area contributed by atoms with Gasteiger partial charge in [-0.2, -0.15) is 5.10 Å². The van der Waals surface area contributed by atoms with E-state index in [0.717, 1.165) is 12.8 Å². The summed E-state index contributed by atoms with van der Waals surface area (Å²) in [6.07, 6.45) is 6.01. The molecule has 88 valence electrons. The van der Waals surface area contributed by atoms with Crippen LogP contribution in [0, 0.1) is 0 Å². The molecule has 0 spiro atoms. The van der Waals surface area contributed by atoms with Gasteiger partial charge >= 0.3 is 0 Å². The monoisotopic (exact) mass is 223 g/mol. The van der Waals surface area contributed by atoms with Crippen molar-refractivity contribution in [1.29, 1.82) is 0 Å². The molecule has 6 heteroatoms. The van der Waals surface area contributed by atoms with Crippen molar-refractivity contribution >= 4 is 5.91 Å². The lowest BCUT2D eigenvalue weighted by molar-refractivity contribution is -0.124. The second kappa shape index (κ2) is 4.21. The molecule has 1 aliphatic carbocycles. The van der Waals surface area contributed by atoms with Gasteiger partial charge in [-0.1, -0.05) is 0 Å². The molecule has 3 N–H and O–H groups in total. The van der Waals surface area contributed by atoms with E-state index >= 15 is 0 Å². The number of nitrogens with one attached hydrogen (secondary N) is 1. The molecule has 1 aromatic rings. The Kier molecular flexibility index (Phi) is 2.91. The van der Waals surface area contributed by atoms with Gasteiger partial charge in [0.1, 0.15) is 12.7 Å². The first-order valence-corrected chi connectivity index (χ1v) is 5.50. The first-order chi connectivity index (χ1) is 7.60. The fraction of sp³-hybridized carbons (Fsp3) is 0.700. The summed E-state index contributed by atoms with van der Waals surface area (Å²) in [5, 5.41) is 7.29. The van der Waals surface area contributed by atoms with Crippen LogP contribution in [-0.2, 0) is 11.3 Å². The summed E-state index contributed by atoms with van der Waals surface area (Å²) in [5.74, 6) is -0.306. The molecule has 1 unspecified atom stereocenters. The molecule has 2 rings (SSSR count). The number of nitrogens with two attached hydrogens (primary N) is 1. The van der Waals surface area contributed by atoms with Crippen molar-refractivity contribution in [2.45, 2.75) is 44.3 Å². The van der Waals surface area contributed by atoms with Gasteiger partial charge in [0.05, 0.1) is 5.54 Å². The van der Waals surface area contributed by atoms with Gasteiger partial charge in [0.25, 0.3) is 0 Å². The van der Waals surface area contributed by atoms with E-state index in [0.29, 0.717) is 19.0 Å². The van der Waals surface area contributed by atoms with Crippen molar-refractivity contribution in [2.75, 3.05) is 0 Å². The van der Waals surface area contributed by atoms with Crippen LogP contribution in [0.1, 0.15) is 26.2 Å². The number of aryl methyl sites for hydroxylation is 1. The Morgan fingerprint density at radius 3 is 2.94 bits per heavy atom. The van der Waals surface area contributed by atoms with Crippen LogP contribution >= 0.6 is 0 Å². The quantitative estimate of drug-likeness (QED) is 0.691. The predicted octanol–water partition coefficient (Wildman–Crippen LogP) is -0.336. The lowest BCUT2D eigenvalue weighted by Gasteiger charge is -2.27. The largest absolute Gasteiger partial charge is 0.368 e. The standard InChI is InChI=1S/C10H17N5O/c1-10(9(11)16,14-8-2-3-8)4-5-15-7-12-6-13-15/h6-8,14H,2-5H2,1H3,(H2,11,16). The van der Waals surface area contributed by atoms with Crippen molar-refractivity contribution in [3.8, 4) is 0 Å². The zero-order valence-corrected chi connectivity index (χ0v) is 9.39.